The maximum Gasteiger partial charge on any atom is 0.220 e. The van der Waals surface area contributed by atoms with Crippen LogP contribution in [0.3, 0.4) is 0 Å². The van der Waals surface area contributed by atoms with E-state index in [0.29, 0.717) is 12.8 Å². The molecule has 0 aliphatic carbocycles. The molecule has 1 heterocycles. The number of hydrogen-bond acceptors (Lipinski definition) is 3. The Bertz CT molecular complexity index is 734. The molecule has 5 nitrogen and oxygen atoms in total. The Morgan fingerprint density at radius 1 is 1.33 bits per heavy atom. The van der Waals surface area contributed by atoms with Gasteiger partial charge < -0.3 is 10.1 Å². The van der Waals surface area contributed by atoms with Crippen molar-refractivity contribution in [3.8, 4) is 5.75 Å². The Kier molecular flexibility index (Phi) is 5.65. The van der Waals surface area contributed by atoms with Gasteiger partial charge >= 0.3 is 0 Å². The lowest BCUT2D eigenvalue weighted by atomic mass is 10.0. The zero-order chi connectivity index (χ0) is 17.9. The molecule has 0 saturated carbocycles. The molecule has 1 aromatic heterocycles. The summed E-state index contributed by atoms with van der Waals surface area (Å²) in [5.74, 6) is 0.834. The highest BCUT2D eigenvalue weighted by atomic mass is 16.5. The topological polar surface area (TPSA) is 56.1 Å². The number of carbonyl (C=O) groups is 1. The lowest BCUT2D eigenvalue weighted by molar-refractivity contribution is -0.121. The minimum absolute atomic E-state index is 0.0358. The summed E-state index contributed by atoms with van der Waals surface area (Å²) in [6.07, 6.45) is 1.15. The summed E-state index contributed by atoms with van der Waals surface area (Å²) < 4.78 is 7.27. The predicted octanol–water partition coefficient (Wildman–Crippen LogP) is 3.16. The van der Waals surface area contributed by atoms with E-state index in [1.54, 1.807) is 7.11 Å². The monoisotopic (exact) mass is 329 g/mol. The van der Waals surface area contributed by atoms with Crippen molar-refractivity contribution >= 4 is 5.91 Å². The summed E-state index contributed by atoms with van der Waals surface area (Å²) in [6, 6.07) is 5.91. The van der Waals surface area contributed by atoms with Crippen molar-refractivity contribution in [2.24, 2.45) is 7.05 Å². The molecular formula is C19H27N3O2. The van der Waals surface area contributed by atoms with Crippen LogP contribution in [0.1, 0.15) is 47.5 Å². The molecule has 1 aromatic carbocycles. The fraction of sp³-hybridized carbons (Fsp3) is 0.474. The Hall–Kier alpha value is -2.30. The molecule has 0 bridgehead atoms. The molecule has 0 saturated heterocycles. The molecular weight excluding hydrogens is 302 g/mol. The van der Waals surface area contributed by atoms with E-state index in [4.69, 9.17) is 4.74 Å². The number of hydrogen-bond donors (Lipinski definition) is 1. The van der Waals surface area contributed by atoms with E-state index >= 15 is 0 Å². The molecule has 1 unspecified atom stereocenters. The van der Waals surface area contributed by atoms with Gasteiger partial charge in [-0.15, -0.1) is 0 Å². The first-order valence-corrected chi connectivity index (χ1v) is 8.26. The average molecular weight is 329 g/mol. The first-order chi connectivity index (χ1) is 11.3. The summed E-state index contributed by atoms with van der Waals surface area (Å²) in [5.41, 5.74) is 5.42. The first kappa shape index (κ1) is 18.0. The van der Waals surface area contributed by atoms with Crippen LogP contribution in [0.2, 0.25) is 0 Å². The van der Waals surface area contributed by atoms with Crippen molar-refractivity contribution in [1.82, 2.24) is 15.1 Å². The van der Waals surface area contributed by atoms with Gasteiger partial charge in [0.2, 0.25) is 5.91 Å². The number of nitrogens with one attached hydrogen (secondary N) is 1. The highest BCUT2D eigenvalue weighted by molar-refractivity contribution is 5.76. The Morgan fingerprint density at radius 3 is 2.62 bits per heavy atom. The molecule has 0 fully saturated rings. The number of aromatic nitrogens is 2. The second-order valence-corrected chi connectivity index (χ2v) is 6.31. The Labute approximate surface area is 144 Å². The second kappa shape index (κ2) is 7.51. The number of nitrogens with zero attached hydrogens (tertiary/aromatic N) is 2. The van der Waals surface area contributed by atoms with Crippen LogP contribution in [0.25, 0.3) is 0 Å². The summed E-state index contributed by atoms with van der Waals surface area (Å²) >= 11 is 0. The third-order valence-electron chi connectivity index (χ3n) is 4.49. The van der Waals surface area contributed by atoms with Crippen LogP contribution in [0.5, 0.6) is 5.75 Å². The van der Waals surface area contributed by atoms with Crippen molar-refractivity contribution in [2.75, 3.05) is 7.11 Å². The van der Waals surface area contributed by atoms with Gasteiger partial charge in [-0.2, -0.15) is 5.10 Å². The highest BCUT2D eigenvalue weighted by Gasteiger charge is 2.16. The number of methoxy groups -OCH3 is 1. The number of aryl methyl sites for hydroxylation is 3. The summed E-state index contributed by atoms with van der Waals surface area (Å²) in [4.78, 5) is 12.3. The molecule has 1 N–H and O–H groups in total. The van der Waals surface area contributed by atoms with Crippen molar-refractivity contribution in [1.29, 1.82) is 0 Å². The van der Waals surface area contributed by atoms with Crippen LogP contribution < -0.4 is 10.1 Å². The SMILES string of the molecule is COc1ccc(C)cc1C(C)NC(=O)CCc1c(C)nn(C)c1C. The Balaban J connectivity index is 2.01. The predicted molar refractivity (Wildman–Crippen MR) is 95.3 cm³/mol. The fourth-order valence-electron chi connectivity index (χ4n) is 3.00. The van der Waals surface area contributed by atoms with Crippen LogP contribution in [-0.4, -0.2) is 22.8 Å². The number of ether oxygens (including phenoxy) is 1. The maximum atomic E-state index is 12.3. The van der Waals surface area contributed by atoms with Gasteiger partial charge in [-0.25, -0.2) is 0 Å². The van der Waals surface area contributed by atoms with Gasteiger partial charge in [0.05, 0.1) is 18.8 Å². The van der Waals surface area contributed by atoms with Crippen LogP contribution in [0.4, 0.5) is 0 Å². The summed E-state index contributed by atoms with van der Waals surface area (Å²) in [7, 11) is 3.58. The van der Waals surface area contributed by atoms with Gasteiger partial charge in [-0.05, 0) is 45.7 Å². The zero-order valence-corrected chi connectivity index (χ0v) is 15.4. The quantitative estimate of drug-likeness (QED) is 0.885. The second-order valence-electron chi connectivity index (χ2n) is 6.31. The average Bonchev–Trinajstić information content (AvgIpc) is 2.78. The van der Waals surface area contributed by atoms with E-state index in [9.17, 15) is 4.79 Å². The van der Waals surface area contributed by atoms with E-state index in [1.165, 1.54) is 0 Å². The lowest BCUT2D eigenvalue weighted by Gasteiger charge is -2.18. The standard InChI is InChI=1S/C19H27N3O2/c1-12-7-9-18(24-6)17(11-12)13(2)20-19(23)10-8-16-14(3)21-22(5)15(16)4/h7,9,11,13H,8,10H2,1-6H3,(H,20,23). The molecule has 0 aliphatic heterocycles. The van der Waals surface area contributed by atoms with Crippen molar-refractivity contribution in [3.05, 3.63) is 46.3 Å². The molecule has 2 aromatic rings. The van der Waals surface area contributed by atoms with Gasteiger partial charge in [-0.1, -0.05) is 17.7 Å². The van der Waals surface area contributed by atoms with Gasteiger partial charge in [-0.3, -0.25) is 9.48 Å². The maximum absolute atomic E-state index is 12.3. The number of amides is 1. The molecule has 0 aliphatic rings. The zero-order valence-electron chi connectivity index (χ0n) is 15.4. The van der Waals surface area contributed by atoms with E-state index in [-0.39, 0.29) is 11.9 Å². The fourth-order valence-corrected chi connectivity index (χ4v) is 3.00. The highest BCUT2D eigenvalue weighted by Crippen LogP contribution is 2.26. The molecule has 130 valence electrons. The molecule has 1 amide bonds. The van der Waals surface area contributed by atoms with Crippen molar-refractivity contribution in [3.63, 3.8) is 0 Å². The number of benzene rings is 1. The van der Waals surface area contributed by atoms with Gasteiger partial charge in [0.15, 0.2) is 0 Å². The summed E-state index contributed by atoms with van der Waals surface area (Å²) in [5, 5.41) is 7.47. The van der Waals surface area contributed by atoms with E-state index in [2.05, 4.69) is 16.5 Å². The molecule has 0 spiro atoms. The van der Waals surface area contributed by atoms with Gasteiger partial charge in [0.1, 0.15) is 5.75 Å². The third-order valence-corrected chi connectivity index (χ3v) is 4.49. The van der Waals surface area contributed by atoms with Gasteiger partial charge in [0.25, 0.3) is 0 Å². The molecule has 0 radical (unpaired) electrons. The molecule has 1 atom stereocenters. The van der Waals surface area contributed by atoms with E-state index in [1.807, 2.05) is 51.6 Å². The van der Waals surface area contributed by atoms with E-state index in [0.717, 1.165) is 33.8 Å². The number of rotatable bonds is 6. The Morgan fingerprint density at radius 2 is 2.04 bits per heavy atom. The number of carbonyl (C=O) groups excluding carboxylic acids is 1. The minimum atomic E-state index is -0.0940. The van der Waals surface area contributed by atoms with E-state index < -0.39 is 0 Å². The first-order valence-electron chi connectivity index (χ1n) is 8.26. The molecule has 24 heavy (non-hydrogen) atoms. The summed E-state index contributed by atoms with van der Waals surface area (Å²) in [6.45, 7) is 8.04. The molecule has 5 heteroatoms. The van der Waals surface area contributed by atoms with Crippen LogP contribution >= 0.6 is 0 Å². The molecule has 2 rings (SSSR count). The third kappa shape index (κ3) is 3.96. The largest absolute Gasteiger partial charge is 0.496 e. The van der Waals surface area contributed by atoms with Crippen LogP contribution in [0, 0.1) is 20.8 Å². The lowest BCUT2D eigenvalue weighted by Crippen LogP contribution is -2.27. The van der Waals surface area contributed by atoms with Crippen LogP contribution in [-0.2, 0) is 18.3 Å². The normalized spacial score (nSPS) is 12.1. The van der Waals surface area contributed by atoms with Crippen LogP contribution in [0.15, 0.2) is 18.2 Å². The van der Waals surface area contributed by atoms with Gasteiger partial charge in [0, 0.05) is 24.7 Å². The van der Waals surface area contributed by atoms with Crippen molar-refractivity contribution < 1.29 is 9.53 Å². The minimum Gasteiger partial charge on any atom is -0.496 e. The van der Waals surface area contributed by atoms with Crippen molar-refractivity contribution in [2.45, 2.75) is 46.6 Å². The smallest absolute Gasteiger partial charge is 0.220 e.